The number of rotatable bonds is 3. The lowest BCUT2D eigenvalue weighted by molar-refractivity contribution is 0.126. The van der Waals surface area contributed by atoms with Gasteiger partial charge >= 0.3 is 0 Å². The maximum atomic E-state index is 12.8. The highest BCUT2D eigenvalue weighted by molar-refractivity contribution is 9.10. The summed E-state index contributed by atoms with van der Waals surface area (Å²) >= 11 is 3.12. The standard InChI is InChI=1S/C9H11BrFNO/c1-6(5-13-12)7-2-3-9(11)8(10)4-7/h2-4,6H,5,12H2,1H3. The zero-order valence-corrected chi connectivity index (χ0v) is 8.84. The lowest BCUT2D eigenvalue weighted by Gasteiger charge is -2.10. The molecule has 1 rings (SSSR count). The van der Waals surface area contributed by atoms with Crippen molar-refractivity contribution in [2.75, 3.05) is 6.61 Å². The van der Waals surface area contributed by atoms with Gasteiger partial charge in [-0.05, 0) is 33.6 Å². The highest BCUT2D eigenvalue weighted by Gasteiger charge is 2.07. The van der Waals surface area contributed by atoms with E-state index in [0.717, 1.165) is 5.56 Å². The molecule has 1 unspecified atom stereocenters. The SMILES string of the molecule is CC(CON)c1ccc(F)c(Br)c1. The van der Waals surface area contributed by atoms with E-state index >= 15 is 0 Å². The van der Waals surface area contributed by atoms with Crippen LogP contribution in [0.15, 0.2) is 22.7 Å². The number of halogens is 2. The first kappa shape index (κ1) is 10.6. The highest BCUT2D eigenvalue weighted by atomic mass is 79.9. The second-order valence-corrected chi connectivity index (χ2v) is 3.76. The van der Waals surface area contributed by atoms with Crippen LogP contribution in [0.5, 0.6) is 0 Å². The predicted molar refractivity (Wildman–Crippen MR) is 52.7 cm³/mol. The van der Waals surface area contributed by atoms with E-state index in [0.29, 0.717) is 11.1 Å². The molecule has 0 bridgehead atoms. The van der Waals surface area contributed by atoms with Gasteiger partial charge in [-0.3, -0.25) is 0 Å². The van der Waals surface area contributed by atoms with Crippen molar-refractivity contribution >= 4 is 15.9 Å². The van der Waals surface area contributed by atoms with Crippen LogP contribution in [0, 0.1) is 5.82 Å². The smallest absolute Gasteiger partial charge is 0.137 e. The first-order valence-corrected chi connectivity index (χ1v) is 4.71. The molecule has 0 saturated heterocycles. The molecule has 72 valence electrons. The van der Waals surface area contributed by atoms with Crippen molar-refractivity contribution in [3.8, 4) is 0 Å². The Morgan fingerprint density at radius 1 is 1.62 bits per heavy atom. The fourth-order valence-electron chi connectivity index (χ4n) is 1.06. The number of benzene rings is 1. The molecular formula is C9H11BrFNO. The fourth-order valence-corrected chi connectivity index (χ4v) is 1.46. The molecule has 0 aliphatic heterocycles. The van der Waals surface area contributed by atoms with Gasteiger partial charge < -0.3 is 4.84 Å². The van der Waals surface area contributed by atoms with Gasteiger partial charge in [-0.2, -0.15) is 0 Å². The number of hydrogen-bond donors (Lipinski definition) is 1. The van der Waals surface area contributed by atoms with Crippen molar-refractivity contribution in [3.63, 3.8) is 0 Å². The maximum Gasteiger partial charge on any atom is 0.137 e. The van der Waals surface area contributed by atoms with Gasteiger partial charge in [0.15, 0.2) is 0 Å². The molecule has 0 aliphatic rings. The van der Waals surface area contributed by atoms with Crippen LogP contribution in [-0.2, 0) is 4.84 Å². The topological polar surface area (TPSA) is 35.2 Å². The second-order valence-electron chi connectivity index (χ2n) is 2.91. The Hall–Kier alpha value is -0.450. The van der Waals surface area contributed by atoms with Gasteiger partial charge in [0, 0.05) is 5.92 Å². The van der Waals surface area contributed by atoms with Crippen LogP contribution in [0.2, 0.25) is 0 Å². The monoisotopic (exact) mass is 247 g/mol. The van der Waals surface area contributed by atoms with Crippen LogP contribution in [0.1, 0.15) is 18.4 Å². The van der Waals surface area contributed by atoms with E-state index in [1.165, 1.54) is 6.07 Å². The van der Waals surface area contributed by atoms with Crippen molar-refractivity contribution in [3.05, 3.63) is 34.1 Å². The van der Waals surface area contributed by atoms with Crippen LogP contribution in [0.25, 0.3) is 0 Å². The molecule has 1 atom stereocenters. The van der Waals surface area contributed by atoms with E-state index in [1.54, 1.807) is 12.1 Å². The summed E-state index contributed by atoms with van der Waals surface area (Å²) in [5.74, 6) is 4.86. The van der Waals surface area contributed by atoms with Gasteiger partial charge in [-0.15, -0.1) is 0 Å². The van der Waals surface area contributed by atoms with Gasteiger partial charge in [-0.25, -0.2) is 10.3 Å². The van der Waals surface area contributed by atoms with Crippen molar-refractivity contribution in [1.29, 1.82) is 0 Å². The molecule has 2 nitrogen and oxygen atoms in total. The Morgan fingerprint density at radius 3 is 2.85 bits per heavy atom. The Kier molecular flexibility index (Phi) is 3.84. The van der Waals surface area contributed by atoms with Gasteiger partial charge in [0.25, 0.3) is 0 Å². The summed E-state index contributed by atoms with van der Waals surface area (Å²) in [5.41, 5.74) is 0.999. The van der Waals surface area contributed by atoms with Crippen LogP contribution in [0.3, 0.4) is 0 Å². The second kappa shape index (κ2) is 4.69. The van der Waals surface area contributed by atoms with Gasteiger partial charge in [0.1, 0.15) is 5.82 Å². The van der Waals surface area contributed by atoms with E-state index in [4.69, 9.17) is 5.90 Å². The average molecular weight is 248 g/mol. The minimum absolute atomic E-state index is 0.168. The molecule has 13 heavy (non-hydrogen) atoms. The molecule has 0 fully saturated rings. The molecule has 4 heteroatoms. The van der Waals surface area contributed by atoms with Gasteiger partial charge in [0.2, 0.25) is 0 Å². The molecule has 0 aromatic heterocycles. The van der Waals surface area contributed by atoms with E-state index in [2.05, 4.69) is 20.8 Å². The minimum atomic E-state index is -0.260. The largest absolute Gasteiger partial charge is 0.304 e. The number of hydrogen-bond acceptors (Lipinski definition) is 2. The Morgan fingerprint density at radius 2 is 2.31 bits per heavy atom. The zero-order valence-electron chi connectivity index (χ0n) is 7.26. The van der Waals surface area contributed by atoms with Crippen molar-refractivity contribution in [2.45, 2.75) is 12.8 Å². The van der Waals surface area contributed by atoms with Crippen LogP contribution in [-0.4, -0.2) is 6.61 Å². The van der Waals surface area contributed by atoms with E-state index in [1.807, 2.05) is 6.92 Å². The summed E-state index contributed by atoms with van der Waals surface area (Å²) in [5, 5.41) is 0. The van der Waals surface area contributed by atoms with Crippen LogP contribution in [0.4, 0.5) is 4.39 Å². The van der Waals surface area contributed by atoms with Crippen LogP contribution < -0.4 is 5.90 Å². The summed E-state index contributed by atoms with van der Waals surface area (Å²) in [7, 11) is 0. The Balaban J connectivity index is 2.84. The minimum Gasteiger partial charge on any atom is -0.304 e. The zero-order chi connectivity index (χ0) is 9.84. The summed E-state index contributed by atoms with van der Waals surface area (Å²) in [6.07, 6.45) is 0. The third-order valence-corrected chi connectivity index (χ3v) is 2.47. The summed E-state index contributed by atoms with van der Waals surface area (Å²) in [4.78, 5) is 4.52. The first-order valence-electron chi connectivity index (χ1n) is 3.91. The lowest BCUT2D eigenvalue weighted by atomic mass is 10.0. The lowest BCUT2D eigenvalue weighted by Crippen LogP contribution is -2.08. The Labute approximate surface area is 85.0 Å². The number of nitrogens with two attached hydrogens (primary N) is 1. The van der Waals surface area contributed by atoms with Crippen molar-refractivity contribution in [2.24, 2.45) is 5.90 Å². The average Bonchev–Trinajstić information content (AvgIpc) is 2.10. The molecule has 0 saturated carbocycles. The third kappa shape index (κ3) is 2.76. The van der Waals surface area contributed by atoms with E-state index in [9.17, 15) is 4.39 Å². The maximum absolute atomic E-state index is 12.8. The van der Waals surface area contributed by atoms with E-state index < -0.39 is 0 Å². The fraction of sp³-hybridized carbons (Fsp3) is 0.333. The highest BCUT2D eigenvalue weighted by Crippen LogP contribution is 2.22. The quantitative estimate of drug-likeness (QED) is 0.834. The third-order valence-electron chi connectivity index (χ3n) is 1.86. The predicted octanol–water partition coefficient (Wildman–Crippen LogP) is 2.58. The first-order chi connectivity index (χ1) is 6.15. The van der Waals surface area contributed by atoms with Gasteiger partial charge in [0.05, 0.1) is 11.1 Å². The van der Waals surface area contributed by atoms with E-state index in [-0.39, 0.29) is 11.7 Å². The molecule has 0 spiro atoms. The summed E-state index contributed by atoms with van der Waals surface area (Å²) in [6.45, 7) is 2.39. The van der Waals surface area contributed by atoms with Crippen molar-refractivity contribution < 1.29 is 9.23 Å². The molecule has 1 aromatic rings. The molecule has 0 aliphatic carbocycles. The molecular weight excluding hydrogens is 237 g/mol. The van der Waals surface area contributed by atoms with Gasteiger partial charge in [-0.1, -0.05) is 13.0 Å². The normalized spacial score (nSPS) is 12.9. The Bertz CT molecular complexity index is 293. The molecule has 2 N–H and O–H groups in total. The summed E-state index contributed by atoms with van der Waals surface area (Å²) in [6, 6.07) is 4.88. The molecule has 0 radical (unpaired) electrons. The molecule has 0 amide bonds. The summed E-state index contributed by atoms with van der Waals surface area (Å²) < 4.78 is 13.3. The van der Waals surface area contributed by atoms with Crippen LogP contribution >= 0.6 is 15.9 Å². The van der Waals surface area contributed by atoms with Crippen molar-refractivity contribution in [1.82, 2.24) is 0 Å². The molecule has 1 aromatic carbocycles. The molecule has 0 heterocycles.